The van der Waals surface area contributed by atoms with E-state index in [1.54, 1.807) is 18.5 Å². The van der Waals surface area contributed by atoms with Gasteiger partial charge in [-0.25, -0.2) is 8.78 Å². The molecule has 2 aromatic heterocycles. The van der Waals surface area contributed by atoms with Crippen molar-refractivity contribution in [1.82, 2.24) is 15.2 Å². The molecule has 0 aliphatic carbocycles. The molecule has 0 saturated heterocycles. The van der Waals surface area contributed by atoms with Gasteiger partial charge in [-0.2, -0.15) is 5.10 Å². The number of rotatable bonds is 2. The van der Waals surface area contributed by atoms with Crippen LogP contribution in [0.4, 0.5) is 8.78 Å². The molecule has 2 heterocycles. The Kier molecular flexibility index (Phi) is 3.12. The Labute approximate surface area is 130 Å². The summed E-state index contributed by atoms with van der Waals surface area (Å²) >= 11 is 0. The van der Waals surface area contributed by atoms with E-state index in [1.165, 1.54) is 12.1 Å². The molecule has 2 aromatic carbocycles. The van der Waals surface area contributed by atoms with Crippen LogP contribution in [-0.2, 0) is 0 Å². The summed E-state index contributed by atoms with van der Waals surface area (Å²) in [5.74, 6) is -1.25. The van der Waals surface area contributed by atoms with Crippen LogP contribution in [0.3, 0.4) is 0 Å². The molecule has 23 heavy (non-hydrogen) atoms. The molecule has 112 valence electrons. The third-order valence-corrected chi connectivity index (χ3v) is 3.69. The summed E-state index contributed by atoms with van der Waals surface area (Å²) in [6.45, 7) is 0. The highest BCUT2D eigenvalue weighted by Crippen LogP contribution is 2.32. The number of nitrogens with zero attached hydrogens (tertiary/aromatic N) is 2. The zero-order chi connectivity index (χ0) is 15.8. The van der Waals surface area contributed by atoms with Gasteiger partial charge in [-0.1, -0.05) is 12.1 Å². The lowest BCUT2D eigenvalue weighted by Crippen LogP contribution is -1.91. The molecule has 1 N–H and O–H groups in total. The highest BCUT2D eigenvalue weighted by Gasteiger charge is 2.11. The van der Waals surface area contributed by atoms with Gasteiger partial charge in [0.1, 0.15) is 11.6 Å². The van der Waals surface area contributed by atoms with E-state index in [9.17, 15) is 8.78 Å². The van der Waals surface area contributed by atoms with Crippen molar-refractivity contribution in [3.05, 3.63) is 72.6 Å². The molecule has 0 saturated carbocycles. The van der Waals surface area contributed by atoms with Crippen LogP contribution in [0.5, 0.6) is 0 Å². The largest absolute Gasteiger partial charge is 0.278 e. The first-order chi connectivity index (χ1) is 11.2. The van der Waals surface area contributed by atoms with E-state index in [0.29, 0.717) is 11.3 Å². The fraction of sp³-hybridized carbons (Fsp3) is 0. The third-order valence-electron chi connectivity index (χ3n) is 3.69. The first-order valence-corrected chi connectivity index (χ1v) is 7.06. The summed E-state index contributed by atoms with van der Waals surface area (Å²) in [5.41, 5.74) is 3.59. The van der Waals surface area contributed by atoms with Crippen LogP contribution in [0.2, 0.25) is 0 Å². The Morgan fingerprint density at radius 1 is 0.870 bits per heavy atom. The minimum Gasteiger partial charge on any atom is -0.278 e. The van der Waals surface area contributed by atoms with Crippen molar-refractivity contribution in [3.8, 4) is 22.4 Å². The number of hydrogen-bond acceptors (Lipinski definition) is 2. The summed E-state index contributed by atoms with van der Waals surface area (Å²) in [5, 5.41) is 7.86. The number of halogens is 2. The number of pyridine rings is 1. The molecule has 0 unspecified atom stereocenters. The number of hydrogen-bond donors (Lipinski definition) is 1. The van der Waals surface area contributed by atoms with Crippen molar-refractivity contribution in [3.63, 3.8) is 0 Å². The summed E-state index contributed by atoms with van der Waals surface area (Å²) in [6, 6.07) is 12.9. The molecule has 0 aliphatic rings. The van der Waals surface area contributed by atoms with Crippen molar-refractivity contribution in [1.29, 1.82) is 0 Å². The number of aromatic nitrogens is 3. The van der Waals surface area contributed by atoms with Crippen LogP contribution in [0.15, 0.2) is 60.9 Å². The van der Waals surface area contributed by atoms with Crippen molar-refractivity contribution >= 4 is 10.9 Å². The van der Waals surface area contributed by atoms with E-state index in [-0.39, 0.29) is 0 Å². The van der Waals surface area contributed by atoms with Gasteiger partial charge >= 0.3 is 0 Å². The second kappa shape index (κ2) is 5.28. The van der Waals surface area contributed by atoms with Gasteiger partial charge in [-0.3, -0.25) is 10.1 Å². The predicted octanol–water partition coefficient (Wildman–Crippen LogP) is 4.57. The normalized spacial score (nSPS) is 11.0. The molecule has 0 radical (unpaired) electrons. The van der Waals surface area contributed by atoms with Gasteiger partial charge in [0.15, 0.2) is 0 Å². The van der Waals surface area contributed by atoms with Crippen LogP contribution in [-0.4, -0.2) is 15.2 Å². The van der Waals surface area contributed by atoms with E-state index >= 15 is 0 Å². The maximum atomic E-state index is 13.5. The molecule has 4 rings (SSSR count). The van der Waals surface area contributed by atoms with E-state index in [4.69, 9.17) is 0 Å². The lowest BCUT2D eigenvalue weighted by molar-refractivity contribution is 0.584. The van der Waals surface area contributed by atoms with Crippen LogP contribution < -0.4 is 0 Å². The lowest BCUT2D eigenvalue weighted by atomic mass is 9.98. The molecule has 0 spiro atoms. The quantitative estimate of drug-likeness (QED) is 0.589. The monoisotopic (exact) mass is 307 g/mol. The molecular formula is C18H11F2N3. The SMILES string of the molecule is Fc1cc(F)cc(-c2ncccc2-c2ccc3[nH]ncc3c2)c1. The highest BCUT2D eigenvalue weighted by atomic mass is 19.1. The van der Waals surface area contributed by atoms with E-state index in [2.05, 4.69) is 15.2 Å². The second-order valence-electron chi connectivity index (χ2n) is 5.23. The molecular weight excluding hydrogens is 296 g/mol. The molecule has 0 atom stereocenters. The number of fused-ring (bicyclic) bond motifs is 1. The Morgan fingerprint density at radius 3 is 2.52 bits per heavy atom. The fourth-order valence-corrected chi connectivity index (χ4v) is 2.67. The maximum absolute atomic E-state index is 13.5. The zero-order valence-electron chi connectivity index (χ0n) is 11.9. The van der Waals surface area contributed by atoms with Crippen LogP contribution >= 0.6 is 0 Å². The molecule has 0 amide bonds. The number of benzene rings is 2. The van der Waals surface area contributed by atoms with Crippen LogP contribution in [0, 0.1) is 11.6 Å². The molecule has 5 heteroatoms. The highest BCUT2D eigenvalue weighted by molar-refractivity contribution is 5.88. The third kappa shape index (κ3) is 2.46. The summed E-state index contributed by atoms with van der Waals surface area (Å²) in [6.07, 6.45) is 3.34. The van der Waals surface area contributed by atoms with Gasteiger partial charge in [0.25, 0.3) is 0 Å². The first-order valence-electron chi connectivity index (χ1n) is 7.06. The van der Waals surface area contributed by atoms with E-state index in [1.807, 2.05) is 24.3 Å². The Bertz CT molecular complexity index is 988. The average molecular weight is 307 g/mol. The maximum Gasteiger partial charge on any atom is 0.126 e. The van der Waals surface area contributed by atoms with Crippen molar-refractivity contribution in [2.24, 2.45) is 0 Å². The number of H-pyrrole nitrogens is 1. The van der Waals surface area contributed by atoms with E-state index < -0.39 is 11.6 Å². The first kappa shape index (κ1) is 13.6. The van der Waals surface area contributed by atoms with Gasteiger partial charge in [-0.05, 0) is 35.9 Å². The molecule has 4 aromatic rings. The number of nitrogens with one attached hydrogen (secondary N) is 1. The summed E-state index contributed by atoms with van der Waals surface area (Å²) < 4.78 is 27.1. The average Bonchev–Trinajstić information content (AvgIpc) is 3.01. The van der Waals surface area contributed by atoms with Gasteiger partial charge in [-0.15, -0.1) is 0 Å². The zero-order valence-corrected chi connectivity index (χ0v) is 11.9. The topological polar surface area (TPSA) is 41.6 Å². The minimum atomic E-state index is -0.623. The molecule has 3 nitrogen and oxygen atoms in total. The molecule has 0 aliphatic heterocycles. The van der Waals surface area contributed by atoms with Gasteiger partial charge < -0.3 is 0 Å². The predicted molar refractivity (Wildman–Crippen MR) is 84.7 cm³/mol. The lowest BCUT2D eigenvalue weighted by Gasteiger charge is -2.09. The standard InChI is InChI=1S/C18H11F2N3/c19-14-7-12(8-15(20)9-14)18-16(2-1-5-21-18)11-3-4-17-13(6-11)10-22-23-17/h1-10H,(H,22,23). The number of aromatic amines is 1. The smallest absolute Gasteiger partial charge is 0.126 e. The summed E-state index contributed by atoms with van der Waals surface area (Å²) in [7, 11) is 0. The minimum absolute atomic E-state index is 0.408. The van der Waals surface area contributed by atoms with Crippen molar-refractivity contribution in [2.45, 2.75) is 0 Å². The van der Waals surface area contributed by atoms with Crippen LogP contribution in [0.1, 0.15) is 0 Å². The molecule has 0 bridgehead atoms. The van der Waals surface area contributed by atoms with Crippen molar-refractivity contribution < 1.29 is 8.78 Å². The van der Waals surface area contributed by atoms with Gasteiger partial charge in [0, 0.05) is 28.8 Å². The van der Waals surface area contributed by atoms with Gasteiger partial charge in [0.2, 0.25) is 0 Å². The molecule has 0 fully saturated rings. The Hall–Kier alpha value is -3.08. The van der Waals surface area contributed by atoms with Gasteiger partial charge in [0.05, 0.1) is 17.4 Å². The van der Waals surface area contributed by atoms with Crippen LogP contribution in [0.25, 0.3) is 33.3 Å². The fourth-order valence-electron chi connectivity index (χ4n) is 2.67. The second-order valence-corrected chi connectivity index (χ2v) is 5.23. The van der Waals surface area contributed by atoms with E-state index in [0.717, 1.165) is 28.1 Å². The van der Waals surface area contributed by atoms with Crippen molar-refractivity contribution in [2.75, 3.05) is 0 Å². The summed E-state index contributed by atoms with van der Waals surface area (Å²) in [4.78, 5) is 4.32. The Morgan fingerprint density at radius 2 is 1.70 bits per heavy atom. The Balaban J connectivity index is 1.92.